The van der Waals surface area contributed by atoms with Gasteiger partial charge < -0.3 is 4.74 Å². The van der Waals surface area contributed by atoms with Gasteiger partial charge in [0.15, 0.2) is 0 Å². The summed E-state index contributed by atoms with van der Waals surface area (Å²) < 4.78 is 7.01. The Morgan fingerprint density at radius 3 is 2.75 bits per heavy atom. The summed E-state index contributed by atoms with van der Waals surface area (Å²) in [6.45, 7) is 5.87. The molecule has 0 saturated carbocycles. The number of aromatic nitrogens is 1. The fraction of sp³-hybridized carbons (Fsp3) is 0.158. The lowest BCUT2D eigenvalue weighted by Crippen LogP contribution is -2.34. The zero-order chi connectivity index (χ0) is 17.1. The second-order valence-corrected chi connectivity index (χ2v) is 6.31. The number of carbonyl (C=O) groups is 1. The molecule has 1 heterocycles. The molecule has 122 valence electrons. The van der Waals surface area contributed by atoms with Crippen LogP contribution in [0.4, 0.5) is 0 Å². The highest BCUT2D eigenvalue weighted by atomic mass is 32.1. The first-order chi connectivity index (χ1) is 11.6. The molecule has 0 aliphatic heterocycles. The van der Waals surface area contributed by atoms with Crippen LogP contribution in [-0.4, -0.2) is 17.1 Å². The summed E-state index contributed by atoms with van der Waals surface area (Å²) in [6.07, 6.45) is 1.92. The molecule has 0 bridgehead atoms. The summed E-state index contributed by atoms with van der Waals surface area (Å²) in [5.74, 6) is -0.431. The molecule has 1 aromatic heterocycles. The summed E-state index contributed by atoms with van der Waals surface area (Å²) in [7, 11) is 0. The first-order valence-corrected chi connectivity index (χ1v) is 8.45. The normalized spacial score (nSPS) is 11.8. The van der Waals surface area contributed by atoms with Crippen molar-refractivity contribution in [2.75, 3.05) is 6.61 Å². The summed E-state index contributed by atoms with van der Waals surface area (Å²) in [5, 5.41) is 2.83. The molecule has 0 unspecified atom stereocenters. The van der Waals surface area contributed by atoms with Gasteiger partial charge in [0.25, 0.3) is 0 Å². The molecule has 3 aromatic rings. The highest BCUT2D eigenvalue weighted by molar-refractivity contribution is 7.07. The summed E-state index contributed by atoms with van der Waals surface area (Å²) in [4.78, 5) is 23.5. The van der Waals surface area contributed by atoms with E-state index in [9.17, 15) is 9.59 Å². The highest BCUT2D eigenvalue weighted by Crippen LogP contribution is 2.15. The summed E-state index contributed by atoms with van der Waals surface area (Å²) in [6, 6.07) is 14.2. The van der Waals surface area contributed by atoms with Gasteiger partial charge >= 0.3 is 10.8 Å². The monoisotopic (exact) mass is 339 g/mol. The first-order valence-electron chi connectivity index (χ1n) is 7.63. The molecular formula is C19H17NO3S. The number of rotatable bonds is 4. The largest absolute Gasteiger partial charge is 0.465 e. The van der Waals surface area contributed by atoms with E-state index in [0.717, 1.165) is 32.2 Å². The predicted molar refractivity (Wildman–Crippen MR) is 97.5 cm³/mol. The Labute approximate surface area is 142 Å². The van der Waals surface area contributed by atoms with Crippen molar-refractivity contribution in [3.8, 4) is 0 Å². The van der Waals surface area contributed by atoms with Crippen molar-refractivity contribution in [3.05, 3.63) is 67.6 Å². The third-order valence-corrected chi connectivity index (χ3v) is 4.66. The van der Waals surface area contributed by atoms with Crippen LogP contribution in [0.3, 0.4) is 0 Å². The zero-order valence-electron chi connectivity index (χ0n) is 13.3. The molecular weight excluding hydrogens is 322 g/mol. The molecule has 0 fully saturated rings. The number of fused-ring (bicyclic) bond motifs is 1. The molecule has 0 radical (unpaired) electrons. The SMILES string of the molecule is C=c1/c(=C/c2ccc3ccccc3c2)sc(=O)n1CC(=O)OCC. The van der Waals surface area contributed by atoms with Crippen molar-refractivity contribution in [1.29, 1.82) is 0 Å². The van der Waals surface area contributed by atoms with Gasteiger partial charge in [0.2, 0.25) is 0 Å². The van der Waals surface area contributed by atoms with Gasteiger partial charge in [0.05, 0.1) is 16.5 Å². The second kappa shape index (κ2) is 6.84. The maximum absolute atomic E-state index is 12.1. The predicted octanol–water partition coefficient (Wildman–Crippen LogP) is 1.87. The molecule has 0 atom stereocenters. The van der Waals surface area contributed by atoms with E-state index in [1.54, 1.807) is 6.92 Å². The number of ether oxygens (including phenoxy) is 1. The number of hydrogen-bond acceptors (Lipinski definition) is 4. The van der Waals surface area contributed by atoms with Gasteiger partial charge in [-0.1, -0.05) is 54.3 Å². The Balaban J connectivity index is 2.02. The van der Waals surface area contributed by atoms with E-state index in [-0.39, 0.29) is 11.4 Å². The molecule has 0 aliphatic carbocycles. The summed E-state index contributed by atoms with van der Waals surface area (Å²) >= 11 is 1.08. The van der Waals surface area contributed by atoms with E-state index >= 15 is 0 Å². The van der Waals surface area contributed by atoms with Crippen LogP contribution >= 0.6 is 11.3 Å². The minimum Gasteiger partial charge on any atom is -0.465 e. The molecule has 0 saturated heterocycles. The molecule has 2 aromatic carbocycles. The Kier molecular flexibility index (Phi) is 4.62. The third-order valence-electron chi connectivity index (χ3n) is 3.69. The standard InChI is InChI=1S/C19H17NO3S/c1-3-23-18(21)12-20-13(2)17(24-19(20)22)11-14-8-9-15-6-4-5-7-16(15)10-14/h4-11H,2-3,12H2,1H3/b17-11-. The lowest BCUT2D eigenvalue weighted by atomic mass is 10.1. The van der Waals surface area contributed by atoms with Gasteiger partial charge in [-0.25, -0.2) is 0 Å². The van der Waals surface area contributed by atoms with Crippen LogP contribution in [0.2, 0.25) is 0 Å². The lowest BCUT2D eigenvalue weighted by molar-refractivity contribution is -0.143. The van der Waals surface area contributed by atoms with Crippen LogP contribution < -0.4 is 14.8 Å². The Bertz CT molecular complexity index is 1060. The first kappa shape index (κ1) is 16.2. The van der Waals surface area contributed by atoms with Crippen molar-refractivity contribution >= 4 is 40.7 Å². The maximum Gasteiger partial charge on any atom is 0.326 e. The van der Waals surface area contributed by atoms with Gasteiger partial charge in [-0.15, -0.1) is 0 Å². The van der Waals surface area contributed by atoms with Crippen LogP contribution in [0.1, 0.15) is 12.5 Å². The number of hydrogen-bond donors (Lipinski definition) is 0. The van der Waals surface area contributed by atoms with Crippen molar-refractivity contribution in [3.63, 3.8) is 0 Å². The van der Waals surface area contributed by atoms with Crippen LogP contribution in [0.25, 0.3) is 23.4 Å². The topological polar surface area (TPSA) is 48.3 Å². The minimum atomic E-state index is -0.431. The minimum absolute atomic E-state index is 0.104. The summed E-state index contributed by atoms with van der Waals surface area (Å²) in [5.41, 5.74) is 0.989. The molecule has 0 spiro atoms. The van der Waals surface area contributed by atoms with Crippen molar-refractivity contribution in [2.45, 2.75) is 13.5 Å². The smallest absolute Gasteiger partial charge is 0.326 e. The van der Waals surface area contributed by atoms with Gasteiger partial charge in [0, 0.05) is 0 Å². The van der Waals surface area contributed by atoms with E-state index in [4.69, 9.17) is 4.74 Å². The number of thiazole rings is 1. The molecule has 3 rings (SSSR count). The Morgan fingerprint density at radius 1 is 1.25 bits per heavy atom. The molecule has 5 heteroatoms. The fourth-order valence-corrected chi connectivity index (χ4v) is 3.40. The number of carbonyl (C=O) groups excluding carboxylic acids is 1. The van der Waals surface area contributed by atoms with Gasteiger partial charge in [-0.05, 0) is 35.4 Å². The third kappa shape index (κ3) is 3.31. The van der Waals surface area contributed by atoms with Gasteiger partial charge in [-0.3, -0.25) is 14.2 Å². The van der Waals surface area contributed by atoms with Crippen LogP contribution in [0, 0.1) is 0 Å². The molecule has 24 heavy (non-hydrogen) atoms. The van der Waals surface area contributed by atoms with Crippen molar-refractivity contribution < 1.29 is 9.53 Å². The Morgan fingerprint density at radius 2 is 2.00 bits per heavy atom. The van der Waals surface area contributed by atoms with E-state index < -0.39 is 5.97 Å². The van der Waals surface area contributed by atoms with Crippen LogP contribution in [0.5, 0.6) is 0 Å². The van der Waals surface area contributed by atoms with Crippen molar-refractivity contribution in [2.24, 2.45) is 0 Å². The quantitative estimate of drug-likeness (QED) is 0.682. The van der Waals surface area contributed by atoms with Crippen LogP contribution in [0.15, 0.2) is 47.3 Å². The fourth-order valence-electron chi connectivity index (χ4n) is 2.51. The lowest BCUT2D eigenvalue weighted by Gasteiger charge is -2.01. The maximum atomic E-state index is 12.1. The second-order valence-electron chi connectivity index (χ2n) is 5.32. The molecule has 0 N–H and O–H groups in total. The number of benzene rings is 2. The highest BCUT2D eigenvalue weighted by Gasteiger charge is 2.08. The van der Waals surface area contributed by atoms with E-state index in [1.165, 1.54) is 4.57 Å². The number of esters is 1. The average Bonchev–Trinajstić information content (AvgIpc) is 2.82. The van der Waals surface area contributed by atoms with Crippen LogP contribution in [-0.2, 0) is 16.1 Å². The molecule has 0 amide bonds. The number of nitrogens with zero attached hydrogens (tertiary/aromatic N) is 1. The van der Waals surface area contributed by atoms with Gasteiger partial charge in [0.1, 0.15) is 6.54 Å². The zero-order valence-corrected chi connectivity index (χ0v) is 14.1. The molecule has 0 aliphatic rings. The van der Waals surface area contributed by atoms with E-state index in [0.29, 0.717) is 12.0 Å². The average molecular weight is 339 g/mol. The van der Waals surface area contributed by atoms with Crippen molar-refractivity contribution in [1.82, 2.24) is 4.57 Å². The molecule has 4 nitrogen and oxygen atoms in total. The van der Waals surface area contributed by atoms with E-state index in [1.807, 2.05) is 36.4 Å². The van der Waals surface area contributed by atoms with E-state index in [2.05, 4.69) is 18.7 Å². The van der Waals surface area contributed by atoms with Gasteiger partial charge in [-0.2, -0.15) is 0 Å². The Hall–Kier alpha value is -2.66.